The van der Waals surface area contributed by atoms with Crippen molar-refractivity contribution in [3.8, 4) is 0 Å². The van der Waals surface area contributed by atoms with Gasteiger partial charge in [-0.25, -0.2) is 4.98 Å². The van der Waals surface area contributed by atoms with Crippen LogP contribution in [0.4, 0.5) is 0 Å². The second-order valence-corrected chi connectivity index (χ2v) is 8.56. The molecule has 29 heavy (non-hydrogen) atoms. The van der Waals surface area contributed by atoms with Crippen LogP contribution in [0.1, 0.15) is 54.6 Å². The highest BCUT2D eigenvalue weighted by Crippen LogP contribution is 2.29. The minimum absolute atomic E-state index is 0.0930. The van der Waals surface area contributed by atoms with Gasteiger partial charge in [0.25, 0.3) is 0 Å². The summed E-state index contributed by atoms with van der Waals surface area (Å²) in [4.78, 5) is 19.9. The number of nitrogens with zero attached hydrogens (tertiary/aromatic N) is 2. The first-order valence-electron chi connectivity index (χ1n) is 10.4. The standard InChI is InChI=1S/C24H27ClN2O2/c1-16-11-17(2)22-19(12-16)13-20(23(25)26-22)14-27(15-21-9-6-10-29-21)24(28)18-7-4-3-5-8-18/h6,9-13,18H,3-5,7-8,14-15H2,1-2H3. The lowest BCUT2D eigenvalue weighted by Crippen LogP contribution is -2.36. The summed E-state index contributed by atoms with van der Waals surface area (Å²) in [7, 11) is 0. The number of aromatic nitrogens is 1. The lowest BCUT2D eigenvalue weighted by Gasteiger charge is -2.29. The van der Waals surface area contributed by atoms with Gasteiger partial charge in [-0.05, 0) is 56.5 Å². The van der Waals surface area contributed by atoms with Gasteiger partial charge in [-0.2, -0.15) is 0 Å². The zero-order valence-corrected chi connectivity index (χ0v) is 17.8. The topological polar surface area (TPSA) is 46.3 Å². The first-order valence-corrected chi connectivity index (χ1v) is 10.8. The van der Waals surface area contributed by atoms with Crippen LogP contribution in [0.2, 0.25) is 5.15 Å². The van der Waals surface area contributed by atoms with Gasteiger partial charge >= 0.3 is 0 Å². The SMILES string of the molecule is Cc1cc(C)c2nc(Cl)c(CN(Cc3ccco3)C(=O)C3CCCCC3)cc2c1. The molecule has 5 heteroatoms. The van der Waals surface area contributed by atoms with E-state index in [-0.39, 0.29) is 11.8 Å². The van der Waals surface area contributed by atoms with Crippen molar-refractivity contribution in [1.82, 2.24) is 9.88 Å². The highest BCUT2D eigenvalue weighted by Gasteiger charge is 2.27. The maximum Gasteiger partial charge on any atom is 0.226 e. The fourth-order valence-electron chi connectivity index (χ4n) is 4.40. The van der Waals surface area contributed by atoms with E-state index in [1.54, 1.807) is 6.26 Å². The number of hydrogen-bond acceptors (Lipinski definition) is 3. The van der Waals surface area contributed by atoms with E-state index in [1.165, 1.54) is 12.0 Å². The molecule has 3 aromatic rings. The van der Waals surface area contributed by atoms with Crippen molar-refractivity contribution in [3.63, 3.8) is 0 Å². The average Bonchev–Trinajstić information content (AvgIpc) is 3.22. The Morgan fingerprint density at radius 1 is 1.17 bits per heavy atom. The Hall–Kier alpha value is -2.33. The second-order valence-electron chi connectivity index (χ2n) is 8.20. The molecule has 1 aromatic carbocycles. The number of furan rings is 1. The number of fused-ring (bicyclic) bond motifs is 1. The first kappa shape index (κ1) is 20.0. The summed E-state index contributed by atoms with van der Waals surface area (Å²) in [6, 6.07) is 10.1. The van der Waals surface area contributed by atoms with Crippen molar-refractivity contribution in [2.75, 3.05) is 0 Å². The highest BCUT2D eigenvalue weighted by molar-refractivity contribution is 6.30. The third kappa shape index (κ3) is 4.48. The number of aryl methyl sites for hydroxylation is 2. The van der Waals surface area contributed by atoms with Gasteiger partial charge in [0.1, 0.15) is 10.9 Å². The molecule has 0 spiro atoms. The van der Waals surface area contributed by atoms with Crippen molar-refractivity contribution >= 4 is 28.4 Å². The monoisotopic (exact) mass is 410 g/mol. The third-order valence-electron chi connectivity index (χ3n) is 5.83. The van der Waals surface area contributed by atoms with Crippen molar-refractivity contribution in [2.45, 2.75) is 59.0 Å². The molecule has 4 nitrogen and oxygen atoms in total. The molecule has 0 N–H and O–H groups in total. The van der Waals surface area contributed by atoms with Crippen molar-refractivity contribution in [3.05, 3.63) is 64.2 Å². The highest BCUT2D eigenvalue weighted by atomic mass is 35.5. The fraction of sp³-hybridized carbons (Fsp3) is 0.417. The lowest BCUT2D eigenvalue weighted by molar-refractivity contribution is -0.138. The molecular weight excluding hydrogens is 384 g/mol. The van der Waals surface area contributed by atoms with Crippen LogP contribution in [0.5, 0.6) is 0 Å². The summed E-state index contributed by atoms with van der Waals surface area (Å²) >= 11 is 6.56. The Labute approximate surface area is 176 Å². The normalized spacial score (nSPS) is 15.0. The van der Waals surface area contributed by atoms with Crippen LogP contribution in [0.25, 0.3) is 10.9 Å². The maximum atomic E-state index is 13.3. The number of benzene rings is 1. The molecule has 0 unspecified atom stereocenters. The van der Waals surface area contributed by atoms with Crippen LogP contribution in [-0.4, -0.2) is 15.8 Å². The zero-order valence-electron chi connectivity index (χ0n) is 17.1. The van der Waals surface area contributed by atoms with Crippen LogP contribution in [0.15, 0.2) is 41.0 Å². The van der Waals surface area contributed by atoms with Gasteiger partial charge in [0.15, 0.2) is 0 Å². The summed E-state index contributed by atoms with van der Waals surface area (Å²) in [5.74, 6) is 1.07. The van der Waals surface area contributed by atoms with E-state index < -0.39 is 0 Å². The fourth-order valence-corrected chi connectivity index (χ4v) is 4.60. The predicted molar refractivity (Wildman–Crippen MR) is 116 cm³/mol. The smallest absolute Gasteiger partial charge is 0.226 e. The molecule has 2 heterocycles. The average molecular weight is 411 g/mol. The molecule has 1 saturated carbocycles. The van der Waals surface area contributed by atoms with Gasteiger partial charge in [0.2, 0.25) is 5.91 Å². The van der Waals surface area contributed by atoms with E-state index in [2.05, 4.69) is 30.1 Å². The van der Waals surface area contributed by atoms with Crippen LogP contribution >= 0.6 is 11.6 Å². The van der Waals surface area contributed by atoms with Crippen LogP contribution in [0.3, 0.4) is 0 Å². The summed E-state index contributed by atoms with van der Waals surface area (Å²) in [6.07, 6.45) is 7.06. The quantitative estimate of drug-likeness (QED) is 0.470. The van der Waals surface area contributed by atoms with Gasteiger partial charge in [-0.3, -0.25) is 4.79 Å². The molecule has 2 aromatic heterocycles. The van der Waals surface area contributed by atoms with Gasteiger partial charge in [0, 0.05) is 23.4 Å². The van der Waals surface area contributed by atoms with E-state index in [1.807, 2.05) is 24.0 Å². The summed E-state index contributed by atoms with van der Waals surface area (Å²) in [5, 5.41) is 1.52. The number of halogens is 1. The predicted octanol–water partition coefficient (Wildman–Crippen LogP) is 6.21. The van der Waals surface area contributed by atoms with Crippen molar-refractivity contribution in [1.29, 1.82) is 0 Å². The van der Waals surface area contributed by atoms with E-state index in [4.69, 9.17) is 16.0 Å². The van der Waals surface area contributed by atoms with Crippen molar-refractivity contribution in [2.24, 2.45) is 5.92 Å². The summed E-state index contributed by atoms with van der Waals surface area (Å²) in [6.45, 7) is 5.01. The van der Waals surface area contributed by atoms with Gasteiger partial charge in [0.05, 0.1) is 18.3 Å². The van der Waals surface area contributed by atoms with E-state index in [9.17, 15) is 4.79 Å². The molecule has 0 aliphatic heterocycles. The molecule has 0 bridgehead atoms. The van der Waals surface area contributed by atoms with Crippen LogP contribution in [0, 0.1) is 19.8 Å². The Balaban J connectivity index is 1.65. The Morgan fingerprint density at radius 3 is 2.69 bits per heavy atom. The molecule has 4 rings (SSSR count). The molecule has 1 amide bonds. The summed E-state index contributed by atoms with van der Waals surface area (Å²) in [5.41, 5.74) is 4.09. The van der Waals surface area contributed by atoms with E-state index in [0.717, 1.165) is 53.5 Å². The van der Waals surface area contributed by atoms with Crippen LogP contribution < -0.4 is 0 Å². The number of carbonyl (C=O) groups excluding carboxylic acids is 1. The minimum Gasteiger partial charge on any atom is -0.467 e. The number of pyridine rings is 1. The van der Waals surface area contributed by atoms with Gasteiger partial charge < -0.3 is 9.32 Å². The number of carbonyl (C=O) groups is 1. The summed E-state index contributed by atoms with van der Waals surface area (Å²) < 4.78 is 5.53. The molecule has 1 aliphatic rings. The van der Waals surface area contributed by atoms with Gasteiger partial charge in [-0.1, -0.05) is 42.5 Å². The van der Waals surface area contributed by atoms with Gasteiger partial charge in [-0.15, -0.1) is 0 Å². The minimum atomic E-state index is 0.0930. The first-order chi connectivity index (χ1) is 14.0. The molecule has 0 atom stereocenters. The third-order valence-corrected chi connectivity index (χ3v) is 6.16. The Kier molecular flexibility index (Phi) is 5.91. The molecule has 1 aliphatic carbocycles. The molecule has 1 fully saturated rings. The number of rotatable bonds is 5. The maximum absolute atomic E-state index is 13.3. The van der Waals surface area contributed by atoms with Crippen molar-refractivity contribution < 1.29 is 9.21 Å². The van der Waals surface area contributed by atoms with E-state index in [0.29, 0.717) is 18.2 Å². The zero-order chi connectivity index (χ0) is 20.4. The lowest BCUT2D eigenvalue weighted by atomic mass is 9.88. The Bertz CT molecular complexity index is 1010. The molecular formula is C24H27ClN2O2. The van der Waals surface area contributed by atoms with Crippen LogP contribution in [-0.2, 0) is 17.9 Å². The Morgan fingerprint density at radius 2 is 1.97 bits per heavy atom. The molecule has 152 valence electrons. The number of amides is 1. The van der Waals surface area contributed by atoms with E-state index >= 15 is 0 Å². The second kappa shape index (κ2) is 8.58. The number of hydrogen-bond donors (Lipinski definition) is 0. The largest absolute Gasteiger partial charge is 0.467 e. The molecule has 0 saturated heterocycles. The molecule has 0 radical (unpaired) electrons.